The Hall–Kier alpha value is -6.14. The Kier molecular flexibility index (Phi) is 14.2. The minimum Gasteiger partial charge on any atom is -0.497 e. The Labute approximate surface area is 309 Å². The maximum absolute atomic E-state index is 5.27. The molecule has 6 aromatic carbocycles. The molecular formula is C46H48N4O2. The summed E-state index contributed by atoms with van der Waals surface area (Å²) in [6.45, 7) is 5.81. The molecule has 6 rings (SSSR count). The summed E-state index contributed by atoms with van der Waals surface area (Å²) >= 11 is 0. The van der Waals surface area contributed by atoms with Crippen molar-refractivity contribution in [2.45, 2.75) is 39.8 Å². The number of para-hydroxylation sites is 2. The number of benzene rings is 6. The highest BCUT2D eigenvalue weighted by Gasteiger charge is 2.11. The minimum atomic E-state index is 0.773. The third kappa shape index (κ3) is 10.9. The summed E-state index contributed by atoms with van der Waals surface area (Å²) in [7, 11) is 3.36. The van der Waals surface area contributed by atoms with E-state index in [0.717, 1.165) is 71.4 Å². The van der Waals surface area contributed by atoms with Gasteiger partial charge in [0.15, 0.2) is 0 Å². The Balaban J connectivity index is 0.000000202. The van der Waals surface area contributed by atoms with Gasteiger partial charge in [0.2, 0.25) is 0 Å². The number of methoxy groups -OCH3 is 2. The predicted octanol–water partition coefficient (Wildman–Crippen LogP) is 11.2. The summed E-state index contributed by atoms with van der Waals surface area (Å²) < 4.78 is 10.5. The van der Waals surface area contributed by atoms with E-state index in [2.05, 4.69) is 116 Å². The van der Waals surface area contributed by atoms with Crippen LogP contribution in [0.25, 0.3) is 0 Å². The van der Waals surface area contributed by atoms with Crippen molar-refractivity contribution >= 4 is 22.8 Å². The molecule has 0 heterocycles. The molecule has 0 aliphatic rings. The fraction of sp³-hybridized carbons (Fsp3) is 0.174. The second-order valence-electron chi connectivity index (χ2n) is 12.0. The standard InChI is InChI=1S/C24H26N2O.C22H22N2O/c1-3-24(22-14-16-23(27-2)17-15-22)25-26(18-20-10-6-4-7-11-20)19-21-12-8-5-9-13-21;1-3-22(18-14-16-21(25-2)17-15-18)23-24(19-10-6-4-7-11-19)20-12-8-5-9-13-20/h4-17H,3,18-19H2,1-2H3;4-17H,3H2,1-2H3/b25-24+;23-22-. The third-order valence-electron chi connectivity index (χ3n) is 8.42. The molecule has 0 radical (unpaired) electrons. The van der Waals surface area contributed by atoms with Crippen molar-refractivity contribution in [3.05, 3.63) is 192 Å². The van der Waals surface area contributed by atoms with Crippen LogP contribution in [0, 0.1) is 0 Å². The SMILES string of the molecule is CC/C(=N/N(c1ccccc1)c1ccccc1)c1ccc(OC)cc1.CC/C(=N\N(Cc1ccccc1)Cc1ccccc1)c1ccc(OC)cc1. The first kappa shape index (κ1) is 37.1. The highest BCUT2D eigenvalue weighted by atomic mass is 16.5. The minimum absolute atomic E-state index is 0.773. The molecule has 0 amide bonds. The van der Waals surface area contributed by atoms with E-state index in [9.17, 15) is 0 Å². The lowest BCUT2D eigenvalue weighted by atomic mass is 10.1. The molecule has 6 heteroatoms. The van der Waals surface area contributed by atoms with Gasteiger partial charge in [-0.25, -0.2) is 5.01 Å². The van der Waals surface area contributed by atoms with Gasteiger partial charge in [0.1, 0.15) is 11.5 Å². The van der Waals surface area contributed by atoms with Crippen molar-refractivity contribution < 1.29 is 9.47 Å². The van der Waals surface area contributed by atoms with Crippen LogP contribution in [0.3, 0.4) is 0 Å². The van der Waals surface area contributed by atoms with Gasteiger partial charge in [0.25, 0.3) is 0 Å². The average molecular weight is 689 g/mol. The van der Waals surface area contributed by atoms with E-state index in [0.29, 0.717) is 0 Å². The van der Waals surface area contributed by atoms with E-state index in [1.54, 1.807) is 14.2 Å². The molecule has 0 aromatic heterocycles. The summed E-state index contributed by atoms with van der Waals surface area (Å²) in [6.07, 6.45) is 1.70. The molecule has 264 valence electrons. The van der Waals surface area contributed by atoms with E-state index >= 15 is 0 Å². The zero-order valence-electron chi connectivity index (χ0n) is 30.6. The van der Waals surface area contributed by atoms with E-state index < -0.39 is 0 Å². The quantitative estimate of drug-likeness (QED) is 0.0844. The van der Waals surface area contributed by atoms with Crippen LogP contribution in [-0.4, -0.2) is 30.7 Å². The number of hydrogen-bond donors (Lipinski definition) is 0. The Bertz CT molecular complexity index is 1870. The van der Waals surface area contributed by atoms with Gasteiger partial charge < -0.3 is 9.47 Å². The van der Waals surface area contributed by atoms with Gasteiger partial charge in [-0.15, -0.1) is 0 Å². The summed E-state index contributed by atoms with van der Waals surface area (Å²) in [5.74, 6) is 1.71. The lowest BCUT2D eigenvalue weighted by Crippen LogP contribution is -2.19. The normalized spacial score (nSPS) is 11.2. The van der Waals surface area contributed by atoms with Gasteiger partial charge in [-0.1, -0.05) is 111 Å². The van der Waals surface area contributed by atoms with Crippen molar-refractivity contribution in [1.82, 2.24) is 5.01 Å². The summed E-state index contributed by atoms with van der Waals surface area (Å²) in [5.41, 5.74) is 8.90. The number of nitrogens with zero attached hydrogens (tertiary/aromatic N) is 4. The lowest BCUT2D eigenvalue weighted by molar-refractivity contribution is 0.270. The second kappa shape index (κ2) is 19.9. The number of rotatable bonds is 14. The van der Waals surface area contributed by atoms with Gasteiger partial charge in [-0.05, 0) is 108 Å². The number of ether oxygens (including phenoxy) is 2. The average Bonchev–Trinajstić information content (AvgIpc) is 3.22. The van der Waals surface area contributed by atoms with Crippen molar-refractivity contribution in [1.29, 1.82) is 0 Å². The van der Waals surface area contributed by atoms with Crippen LogP contribution in [0.1, 0.15) is 48.9 Å². The first-order chi connectivity index (χ1) is 25.6. The monoisotopic (exact) mass is 688 g/mol. The summed E-state index contributed by atoms with van der Waals surface area (Å²) in [5, 5.41) is 14.1. The van der Waals surface area contributed by atoms with Crippen LogP contribution < -0.4 is 14.5 Å². The molecule has 0 unspecified atom stereocenters. The number of anilines is 2. The maximum atomic E-state index is 5.27. The Morgan fingerprint density at radius 1 is 0.442 bits per heavy atom. The van der Waals surface area contributed by atoms with Crippen LogP contribution in [0.5, 0.6) is 11.5 Å². The van der Waals surface area contributed by atoms with Crippen LogP contribution in [0.15, 0.2) is 180 Å². The third-order valence-corrected chi connectivity index (χ3v) is 8.42. The molecule has 0 spiro atoms. The molecule has 52 heavy (non-hydrogen) atoms. The van der Waals surface area contributed by atoms with Gasteiger partial charge in [0.05, 0.1) is 50.1 Å². The molecular weight excluding hydrogens is 641 g/mol. The van der Waals surface area contributed by atoms with E-state index in [1.165, 1.54) is 11.1 Å². The molecule has 0 fully saturated rings. The van der Waals surface area contributed by atoms with Crippen LogP contribution in [0.4, 0.5) is 11.4 Å². The number of hydrogen-bond acceptors (Lipinski definition) is 6. The van der Waals surface area contributed by atoms with Crippen LogP contribution >= 0.6 is 0 Å². The van der Waals surface area contributed by atoms with Crippen molar-refractivity contribution in [3.63, 3.8) is 0 Å². The first-order valence-electron chi connectivity index (χ1n) is 17.8. The molecule has 6 nitrogen and oxygen atoms in total. The van der Waals surface area contributed by atoms with Gasteiger partial charge in [0, 0.05) is 0 Å². The second-order valence-corrected chi connectivity index (χ2v) is 12.0. The maximum Gasteiger partial charge on any atom is 0.118 e. The molecule has 0 aliphatic carbocycles. The Morgan fingerprint density at radius 2 is 0.788 bits per heavy atom. The van der Waals surface area contributed by atoms with E-state index in [4.69, 9.17) is 19.7 Å². The summed E-state index contributed by atoms with van der Waals surface area (Å²) in [6, 6.07) is 57.5. The van der Waals surface area contributed by atoms with Crippen molar-refractivity contribution in [3.8, 4) is 11.5 Å². The van der Waals surface area contributed by atoms with E-state index in [-0.39, 0.29) is 0 Å². The van der Waals surface area contributed by atoms with Crippen LogP contribution in [0.2, 0.25) is 0 Å². The molecule has 0 saturated carbocycles. The van der Waals surface area contributed by atoms with Gasteiger partial charge in [-0.3, -0.25) is 5.01 Å². The molecule has 0 bridgehead atoms. The fourth-order valence-corrected chi connectivity index (χ4v) is 5.64. The highest BCUT2D eigenvalue weighted by molar-refractivity contribution is 6.01. The fourth-order valence-electron chi connectivity index (χ4n) is 5.64. The smallest absolute Gasteiger partial charge is 0.118 e. The molecule has 6 aromatic rings. The molecule has 0 aliphatic heterocycles. The van der Waals surface area contributed by atoms with Gasteiger partial charge in [-0.2, -0.15) is 10.2 Å². The first-order valence-corrected chi connectivity index (χ1v) is 17.8. The molecule has 0 saturated heterocycles. The Morgan fingerprint density at radius 3 is 1.13 bits per heavy atom. The zero-order valence-corrected chi connectivity index (χ0v) is 30.6. The van der Waals surface area contributed by atoms with E-state index in [1.807, 2.05) is 77.8 Å². The molecule has 0 N–H and O–H groups in total. The lowest BCUT2D eigenvalue weighted by Gasteiger charge is -2.21. The number of hydrazone groups is 2. The largest absolute Gasteiger partial charge is 0.497 e. The van der Waals surface area contributed by atoms with Crippen LogP contribution in [-0.2, 0) is 13.1 Å². The van der Waals surface area contributed by atoms with Crippen molar-refractivity contribution in [2.75, 3.05) is 19.2 Å². The highest BCUT2D eigenvalue weighted by Crippen LogP contribution is 2.26. The zero-order chi connectivity index (χ0) is 36.4. The van der Waals surface area contributed by atoms with Gasteiger partial charge >= 0.3 is 0 Å². The van der Waals surface area contributed by atoms with Crippen molar-refractivity contribution in [2.24, 2.45) is 10.2 Å². The summed E-state index contributed by atoms with van der Waals surface area (Å²) in [4.78, 5) is 0. The molecule has 0 atom stereocenters. The topological polar surface area (TPSA) is 49.7 Å². The predicted molar refractivity (Wildman–Crippen MR) is 217 cm³/mol.